The van der Waals surface area contributed by atoms with E-state index in [-0.39, 0.29) is 24.7 Å². The van der Waals surface area contributed by atoms with Crippen LogP contribution < -0.4 is 5.32 Å². The third kappa shape index (κ3) is 6.52. The number of aliphatic hydroxyl groups is 1. The topological polar surface area (TPSA) is 71.0 Å². The summed E-state index contributed by atoms with van der Waals surface area (Å²) in [7, 11) is 2.11. The summed E-state index contributed by atoms with van der Waals surface area (Å²) in [4.78, 5) is 13.6. The predicted octanol–water partition coefficient (Wildman–Crippen LogP) is 4.81. The molecule has 1 amide bonds. The maximum absolute atomic E-state index is 11.3. The monoisotopic (exact) mass is 460 g/mol. The van der Waals surface area contributed by atoms with E-state index in [9.17, 15) is 9.90 Å². The van der Waals surface area contributed by atoms with E-state index in [1.165, 1.54) is 12.5 Å². The molecule has 34 heavy (non-hydrogen) atoms. The van der Waals surface area contributed by atoms with Crippen LogP contribution in [0.4, 0.5) is 5.69 Å². The van der Waals surface area contributed by atoms with Crippen LogP contribution in [0.1, 0.15) is 48.0 Å². The molecule has 178 valence electrons. The van der Waals surface area contributed by atoms with Crippen LogP contribution in [0.5, 0.6) is 0 Å². The van der Waals surface area contributed by atoms with Crippen LogP contribution >= 0.6 is 0 Å². The summed E-state index contributed by atoms with van der Waals surface area (Å²) >= 11 is 0. The smallest absolute Gasteiger partial charge is 0.221 e. The fraction of sp³-hybridized carbons (Fsp3) is 0.321. The molecule has 1 saturated heterocycles. The van der Waals surface area contributed by atoms with Gasteiger partial charge < -0.3 is 19.9 Å². The molecule has 6 heteroatoms. The third-order valence-electron chi connectivity index (χ3n) is 5.93. The lowest BCUT2D eigenvalue weighted by molar-refractivity contribution is -0.252. The number of hydrogen-bond donors (Lipinski definition) is 2. The van der Waals surface area contributed by atoms with Gasteiger partial charge in [-0.1, -0.05) is 66.7 Å². The number of aliphatic hydroxyl groups excluding tert-OH is 1. The Morgan fingerprint density at radius 1 is 0.941 bits per heavy atom. The zero-order chi connectivity index (χ0) is 23.9. The number of amides is 1. The maximum Gasteiger partial charge on any atom is 0.221 e. The fourth-order valence-corrected chi connectivity index (χ4v) is 4.27. The molecule has 1 aliphatic heterocycles. The number of hydrogen-bond acceptors (Lipinski definition) is 5. The molecule has 4 rings (SSSR count). The Balaban J connectivity index is 1.51. The van der Waals surface area contributed by atoms with E-state index in [1.54, 1.807) is 0 Å². The van der Waals surface area contributed by atoms with Crippen molar-refractivity contribution in [3.05, 3.63) is 101 Å². The first kappa shape index (κ1) is 24.1. The van der Waals surface area contributed by atoms with Gasteiger partial charge in [-0.25, -0.2) is 0 Å². The first-order valence-corrected chi connectivity index (χ1v) is 11.6. The van der Waals surface area contributed by atoms with E-state index in [2.05, 4.69) is 41.5 Å². The predicted molar refractivity (Wildman–Crippen MR) is 132 cm³/mol. The lowest BCUT2D eigenvalue weighted by atomic mass is 9.99. The van der Waals surface area contributed by atoms with Crippen LogP contribution in [-0.2, 0) is 27.4 Å². The van der Waals surface area contributed by atoms with Gasteiger partial charge in [0.15, 0.2) is 6.29 Å². The average molecular weight is 461 g/mol. The molecular formula is C28H32N2O4. The summed E-state index contributed by atoms with van der Waals surface area (Å²) in [6.45, 7) is 3.12. The Morgan fingerprint density at radius 2 is 1.62 bits per heavy atom. The molecule has 3 atom stereocenters. The number of nitrogens with one attached hydrogen (secondary N) is 1. The molecule has 0 bridgehead atoms. The molecule has 0 unspecified atom stereocenters. The Hall–Kier alpha value is -3.03. The standard InChI is InChI=1S/C28H32N2O4/c1-20(32)29-25-14-12-24(13-15-25)28-33-26(18-30(2)17-21-6-4-3-5-7-21)16-27(34-28)23-10-8-22(19-31)9-11-23/h3-15,26-28,31H,16-19H2,1-2H3,(H,29,32)/t26-,27+,28+/m0/s1. The second kappa shape index (κ2) is 11.4. The first-order valence-electron chi connectivity index (χ1n) is 11.6. The molecule has 0 aromatic heterocycles. The van der Waals surface area contributed by atoms with E-state index < -0.39 is 6.29 Å². The fourth-order valence-electron chi connectivity index (χ4n) is 4.27. The molecule has 0 saturated carbocycles. The van der Waals surface area contributed by atoms with Crippen molar-refractivity contribution in [3.8, 4) is 0 Å². The molecule has 3 aromatic carbocycles. The molecule has 3 aromatic rings. The van der Waals surface area contributed by atoms with Crippen molar-refractivity contribution in [1.82, 2.24) is 4.90 Å². The van der Waals surface area contributed by atoms with E-state index in [4.69, 9.17) is 9.47 Å². The molecule has 0 aliphatic carbocycles. The second-order valence-electron chi connectivity index (χ2n) is 8.84. The van der Waals surface area contributed by atoms with Crippen LogP contribution in [0.2, 0.25) is 0 Å². The molecule has 1 heterocycles. The van der Waals surface area contributed by atoms with Gasteiger partial charge in [-0.2, -0.15) is 0 Å². The number of nitrogens with zero attached hydrogens (tertiary/aromatic N) is 1. The number of likely N-dealkylation sites (N-methyl/N-ethyl adjacent to an activating group) is 1. The average Bonchev–Trinajstić information content (AvgIpc) is 2.84. The molecule has 0 spiro atoms. The van der Waals surface area contributed by atoms with Crippen molar-refractivity contribution in [2.45, 2.75) is 45.0 Å². The Labute approximate surface area is 201 Å². The molecular weight excluding hydrogens is 428 g/mol. The minimum absolute atomic E-state index is 0.0189. The summed E-state index contributed by atoms with van der Waals surface area (Å²) in [6.07, 6.45) is 0.0670. The zero-order valence-corrected chi connectivity index (χ0v) is 19.7. The number of carbonyl (C=O) groups is 1. The van der Waals surface area contributed by atoms with Gasteiger partial charge in [0.1, 0.15) is 0 Å². The highest BCUT2D eigenvalue weighted by atomic mass is 16.7. The molecule has 6 nitrogen and oxygen atoms in total. The van der Waals surface area contributed by atoms with Gasteiger partial charge in [0, 0.05) is 37.7 Å². The first-order chi connectivity index (χ1) is 16.5. The SMILES string of the molecule is CC(=O)Nc1ccc([C@@H]2O[C@H](CN(C)Cc3ccccc3)C[C@H](c3ccc(CO)cc3)O2)cc1. The largest absolute Gasteiger partial charge is 0.392 e. The van der Waals surface area contributed by atoms with Crippen molar-refractivity contribution in [2.24, 2.45) is 0 Å². The van der Waals surface area contributed by atoms with Crippen LogP contribution in [-0.4, -0.2) is 35.6 Å². The van der Waals surface area contributed by atoms with Crippen molar-refractivity contribution < 1.29 is 19.4 Å². The van der Waals surface area contributed by atoms with Gasteiger partial charge in [0.2, 0.25) is 5.91 Å². The van der Waals surface area contributed by atoms with Gasteiger partial charge in [-0.15, -0.1) is 0 Å². The molecule has 0 radical (unpaired) electrons. The quantitative estimate of drug-likeness (QED) is 0.505. The number of benzene rings is 3. The highest BCUT2D eigenvalue weighted by Crippen LogP contribution is 2.38. The lowest BCUT2D eigenvalue weighted by Crippen LogP contribution is -2.37. The minimum Gasteiger partial charge on any atom is -0.392 e. The van der Waals surface area contributed by atoms with Crippen LogP contribution in [0.3, 0.4) is 0 Å². The summed E-state index contributed by atoms with van der Waals surface area (Å²) in [5.74, 6) is -0.106. The molecule has 2 N–H and O–H groups in total. The summed E-state index contributed by atoms with van der Waals surface area (Å²) in [5.41, 5.74) is 4.85. The number of rotatable bonds is 8. The highest BCUT2D eigenvalue weighted by molar-refractivity contribution is 5.88. The van der Waals surface area contributed by atoms with Crippen LogP contribution in [0.15, 0.2) is 78.9 Å². The van der Waals surface area contributed by atoms with Gasteiger partial charge in [0.25, 0.3) is 0 Å². The minimum atomic E-state index is -0.516. The second-order valence-corrected chi connectivity index (χ2v) is 8.84. The number of carbonyl (C=O) groups excluding carboxylic acids is 1. The van der Waals surface area contributed by atoms with Crippen molar-refractivity contribution in [1.29, 1.82) is 0 Å². The van der Waals surface area contributed by atoms with Crippen molar-refractivity contribution in [2.75, 3.05) is 18.9 Å². The van der Waals surface area contributed by atoms with Crippen LogP contribution in [0.25, 0.3) is 0 Å². The molecule has 1 aliphatic rings. The third-order valence-corrected chi connectivity index (χ3v) is 5.93. The van der Waals surface area contributed by atoms with Crippen molar-refractivity contribution >= 4 is 11.6 Å². The number of anilines is 1. The van der Waals surface area contributed by atoms with E-state index >= 15 is 0 Å². The summed E-state index contributed by atoms with van der Waals surface area (Å²) in [5, 5.41) is 12.2. The van der Waals surface area contributed by atoms with E-state index in [1.807, 2.05) is 54.6 Å². The number of ether oxygens (including phenoxy) is 2. The van der Waals surface area contributed by atoms with E-state index in [0.717, 1.165) is 41.9 Å². The Bertz CT molecular complexity index is 1050. The van der Waals surface area contributed by atoms with E-state index in [0.29, 0.717) is 0 Å². The lowest BCUT2D eigenvalue weighted by Gasteiger charge is -2.38. The summed E-state index contributed by atoms with van der Waals surface area (Å²) < 4.78 is 12.8. The highest BCUT2D eigenvalue weighted by Gasteiger charge is 2.32. The van der Waals surface area contributed by atoms with Crippen LogP contribution in [0, 0.1) is 0 Å². The zero-order valence-electron chi connectivity index (χ0n) is 19.7. The Kier molecular flexibility index (Phi) is 8.08. The van der Waals surface area contributed by atoms with Gasteiger partial charge in [-0.05, 0) is 35.9 Å². The van der Waals surface area contributed by atoms with Crippen molar-refractivity contribution in [3.63, 3.8) is 0 Å². The normalized spacial score (nSPS) is 20.3. The van der Waals surface area contributed by atoms with Gasteiger partial charge in [0.05, 0.1) is 18.8 Å². The van der Waals surface area contributed by atoms with Gasteiger partial charge in [-0.3, -0.25) is 9.69 Å². The van der Waals surface area contributed by atoms with Gasteiger partial charge >= 0.3 is 0 Å². The summed E-state index contributed by atoms with van der Waals surface area (Å²) in [6, 6.07) is 25.9. The maximum atomic E-state index is 11.3. The Morgan fingerprint density at radius 3 is 2.26 bits per heavy atom. The molecule has 1 fully saturated rings.